The second kappa shape index (κ2) is 5.04. The first-order valence-corrected chi connectivity index (χ1v) is 6.39. The van der Waals surface area contributed by atoms with E-state index in [2.05, 4.69) is 6.07 Å². The topological polar surface area (TPSA) is 61.1 Å². The van der Waals surface area contributed by atoms with Crippen LogP contribution < -0.4 is 0 Å². The molecule has 84 valence electrons. The van der Waals surface area contributed by atoms with Gasteiger partial charge in [0.2, 0.25) is 0 Å². The van der Waals surface area contributed by atoms with Crippen LogP contribution in [0.2, 0.25) is 0 Å². The lowest BCUT2D eigenvalue weighted by atomic mass is 10.2. The first-order valence-electron chi connectivity index (χ1n) is 4.69. The van der Waals surface area contributed by atoms with Crippen molar-refractivity contribution in [3.8, 4) is 6.07 Å². The largest absolute Gasteiger partial charge is 0.477 e. The molecule has 0 saturated heterocycles. The van der Waals surface area contributed by atoms with Crippen LogP contribution in [0.25, 0.3) is 0 Å². The quantitative estimate of drug-likeness (QED) is 0.919. The molecular weight excluding hydrogens is 254 g/mol. The number of hydrogen-bond donors (Lipinski definition) is 1. The molecule has 0 atom stereocenters. The summed E-state index contributed by atoms with van der Waals surface area (Å²) in [6, 6.07) is 11.0. The molecule has 0 saturated carbocycles. The van der Waals surface area contributed by atoms with Crippen molar-refractivity contribution < 1.29 is 9.90 Å². The van der Waals surface area contributed by atoms with E-state index in [1.807, 2.05) is 12.1 Å². The van der Waals surface area contributed by atoms with Crippen molar-refractivity contribution in [3.63, 3.8) is 0 Å². The fraction of sp³-hybridized carbons (Fsp3) is 0. The number of benzene rings is 1. The van der Waals surface area contributed by atoms with Gasteiger partial charge < -0.3 is 5.11 Å². The van der Waals surface area contributed by atoms with Crippen molar-refractivity contribution in [1.29, 1.82) is 5.26 Å². The molecule has 0 aliphatic rings. The molecule has 0 aliphatic heterocycles. The minimum Gasteiger partial charge on any atom is -0.477 e. The van der Waals surface area contributed by atoms with Gasteiger partial charge in [-0.25, -0.2) is 4.79 Å². The van der Waals surface area contributed by atoms with E-state index in [1.165, 1.54) is 23.1 Å². The Morgan fingerprint density at radius 2 is 2.18 bits per heavy atom. The summed E-state index contributed by atoms with van der Waals surface area (Å²) in [5.74, 6) is -0.921. The Morgan fingerprint density at radius 3 is 2.82 bits per heavy atom. The summed E-state index contributed by atoms with van der Waals surface area (Å²) in [6.45, 7) is 0. The highest BCUT2D eigenvalue weighted by Crippen LogP contribution is 2.33. The molecule has 1 aromatic carbocycles. The summed E-state index contributed by atoms with van der Waals surface area (Å²) in [4.78, 5) is 12.7. The van der Waals surface area contributed by atoms with E-state index < -0.39 is 5.97 Å². The molecule has 0 aliphatic carbocycles. The molecule has 0 amide bonds. The SMILES string of the molecule is N#Cc1ccccc1Sc1csc(C(=O)O)c1. The Morgan fingerprint density at radius 1 is 1.41 bits per heavy atom. The lowest BCUT2D eigenvalue weighted by Crippen LogP contribution is -1.89. The molecule has 0 spiro atoms. The molecule has 2 aromatic rings. The Hall–Kier alpha value is -1.77. The van der Waals surface area contributed by atoms with Gasteiger partial charge >= 0.3 is 5.97 Å². The third kappa shape index (κ3) is 2.67. The van der Waals surface area contributed by atoms with Crippen LogP contribution >= 0.6 is 23.1 Å². The Kier molecular flexibility index (Phi) is 3.47. The van der Waals surface area contributed by atoms with Crippen molar-refractivity contribution in [1.82, 2.24) is 0 Å². The summed E-state index contributed by atoms with van der Waals surface area (Å²) in [5.41, 5.74) is 0.598. The molecule has 0 unspecified atom stereocenters. The van der Waals surface area contributed by atoms with Crippen molar-refractivity contribution in [2.75, 3.05) is 0 Å². The monoisotopic (exact) mass is 261 g/mol. The van der Waals surface area contributed by atoms with E-state index in [1.54, 1.807) is 23.6 Å². The highest BCUT2D eigenvalue weighted by molar-refractivity contribution is 7.99. The maximum Gasteiger partial charge on any atom is 0.345 e. The van der Waals surface area contributed by atoms with E-state index in [0.717, 1.165) is 9.79 Å². The number of nitriles is 1. The van der Waals surface area contributed by atoms with E-state index >= 15 is 0 Å². The molecule has 0 radical (unpaired) electrons. The normalized spacial score (nSPS) is 9.82. The predicted octanol–water partition coefficient (Wildman–Crippen LogP) is 3.47. The van der Waals surface area contributed by atoms with Gasteiger partial charge in [0.15, 0.2) is 0 Å². The van der Waals surface area contributed by atoms with E-state index in [0.29, 0.717) is 10.4 Å². The number of carbonyl (C=O) groups is 1. The average Bonchev–Trinajstić information content (AvgIpc) is 2.78. The fourth-order valence-corrected chi connectivity index (χ4v) is 3.08. The number of thiophene rings is 1. The second-order valence-corrected chi connectivity index (χ2v) is 5.19. The zero-order chi connectivity index (χ0) is 12.3. The molecule has 0 bridgehead atoms. The molecule has 1 aromatic heterocycles. The Bertz CT molecular complexity index is 599. The number of rotatable bonds is 3. The van der Waals surface area contributed by atoms with Crippen molar-refractivity contribution in [3.05, 3.63) is 46.2 Å². The molecular formula is C12H7NO2S2. The van der Waals surface area contributed by atoms with Crippen LogP contribution in [0.15, 0.2) is 45.5 Å². The third-order valence-corrected chi connectivity index (χ3v) is 4.14. The van der Waals surface area contributed by atoms with Crippen LogP contribution in [-0.2, 0) is 0 Å². The summed E-state index contributed by atoms with van der Waals surface area (Å²) >= 11 is 2.59. The van der Waals surface area contributed by atoms with E-state index in [-0.39, 0.29) is 0 Å². The highest BCUT2D eigenvalue weighted by atomic mass is 32.2. The minimum atomic E-state index is -0.921. The van der Waals surface area contributed by atoms with Crippen LogP contribution in [0.4, 0.5) is 0 Å². The first-order chi connectivity index (χ1) is 8.20. The predicted molar refractivity (Wildman–Crippen MR) is 66.6 cm³/mol. The fourth-order valence-electron chi connectivity index (χ4n) is 1.26. The van der Waals surface area contributed by atoms with Gasteiger partial charge in [0, 0.05) is 15.2 Å². The summed E-state index contributed by atoms with van der Waals surface area (Å²) in [5, 5.41) is 19.5. The second-order valence-electron chi connectivity index (χ2n) is 3.16. The maximum atomic E-state index is 10.7. The smallest absolute Gasteiger partial charge is 0.345 e. The van der Waals surface area contributed by atoms with Crippen LogP contribution in [0.1, 0.15) is 15.2 Å². The summed E-state index contributed by atoms with van der Waals surface area (Å²) in [7, 11) is 0. The maximum absolute atomic E-state index is 10.7. The summed E-state index contributed by atoms with van der Waals surface area (Å²) < 4.78 is 0. The number of nitrogens with zero attached hydrogens (tertiary/aromatic N) is 1. The van der Waals surface area contributed by atoms with Crippen LogP contribution in [0, 0.1) is 11.3 Å². The number of aromatic carboxylic acids is 1. The molecule has 3 nitrogen and oxygen atoms in total. The van der Waals surface area contributed by atoms with Gasteiger partial charge in [0.1, 0.15) is 10.9 Å². The summed E-state index contributed by atoms with van der Waals surface area (Å²) in [6.07, 6.45) is 0. The zero-order valence-electron chi connectivity index (χ0n) is 8.58. The standard InChI is InChI=1S/C12H7NO2S2/c13-6-8-3-1-2-4-10(8)17-9-5-11(12(14)15)16-7-9/h1-5,7H,(H,14,15). The first kappa shape index (κ1) is 11.7. The lowest BCUT2D eigenvalue weighted by Gasteiger charge is -2.00. The molecule has 17 heavy (non-hydrogen) atoms. The third-order valence-electron chi connectivity index (χ3n) is 2.02. The average molecular weight is 261 g/mol. The Labute approximate surface area is 106 Å². The molecule has 5 heteroatoms. The molecule has 0 fully saturated rings. The number of carboxylic acids is 1. The van der Waals surface area contributed by atoms with Crippen LogP contribution in [0.5, 0.6) is 0 Å². The highest BCUT2D eigenvalue weighted by Gasteiger charge is 2.09. The van der Waals surface area contributed by atoms with E-state index in [4.69, 9.17) is 10.4 Å². The van der Waals surface area contributed by atoms with Crippen molar-refractivity contribution >= 4 is 29.1 Å². The van der Waals surface area contributed by atoms with Gasteiger partial charge in [-0.3, -0.25) is 0 Å². The lowest BCUT2D eigenvalue weighted by molar-refractivity contribution is 0.0702. The molecule has 1 N–H and O–H groups in total. The number of hydrogen-bond acceptors (Lipinski definition) is 4. The van der Waals surface area contributed by atoms with Crippen molar-refractivity contribution in [2.45, 2.75) is 9.79 Å². The Balaban J connectivity index is 2.26. The van der Waals surface area contributed by atoms with Crippen molar-refractivity contribution in [2.24, 2.45) is 0 Å². The van der Waals surface area contributed by atoms with Gasteiger partial charge in [-0.1, -0.05) is 23.9 Å². The van der Waals surface area contributed by atoms with E-state index in [9.17, 15) is 4.79 Å². The minimum absolute atomic E-state index is 0.307. The van der Waals surface area contributed by atoms with Crippen LogP contribution in [-0.4, -0.2) is 11.1 Å². The van der Waals surface area contributed by atoms with Gasteiger partial charge in [-0.05, 0) is 18.2 Å². The molecule has 1 heterocycles. The van der Waals surface area contributed by atoms with Gasteiger partial charge in [-0.15, -0.1) is 11.3 Å². The zero-order valence-corrected chi connectivity index (χ0v) is 10.2. The molecule has 2 rings (SSSR count). The van der Waals surface area contributed by atoms with Gasteiger partial charge in [-0.2, -0.15) is 5.26 Å². The van der Waals surface area contributed by atoms with Gasteiger partial charge in [0.05, 0.1) is 5.56 Å². The van der Waals surface area contributed by atoms with Gasteiger partial charge in [0.25, 0.3) is 0 Å². The number of carboxylic acid groups (broad SMARTS) is 1. The van der Waals surface area contributed by atoms with Crippen LogP contribution in [0.3, 0.4) is 0 Å².